The van der Waals surface area contributed by atoms with Crippen molar-refractivity contribution in [3.63, 3.8) is 0 Å². The number of carboxylic acids is 1. The van der Waals surface area contributed by atoms with Crippen molar-refractivity contribution in [1.82, 2.24) is 14.8 Å². The van der Waals surface area contributed by atoms with Gasteiger partial charge in [-0.2, -0.15) is 0 Å². The zero-order valence-electron chi connectivity index (χ0n) is 12.7. The minimum atomic E-state index is -0.737. The van der Waals surface area contributed by atoms with Crippen molar-refractivity contribution in [2.24, 2.45) is 5.92 Å². The fourth-order valence-electron chi connectivity index (χ4n) is 3.14. The summed E-state index contributed by atoms with van der Waals surface area (Å²) in [7, 11) is 0. The van der Waals surface area contributed by atoms with Gasteiger partial charge in [-0.25, -0.2) is 4.98 Å². The smallest absolute Gasteiger partial charge is 0.317 e. The van der Waals surface area contributed by atoms with E-state index in [0.29, 0.717) is 11.6 Å². The van der Waals surface area contributed by atoms with Gasteiger partial charge < -0.3 is 20.6 Å². The average molecular weight is 305 g/mol. The highest BCUT2D eigenvalue weighted by Gasteiger charge is 2.30. The number of rotatable bonds is 5. The molecule has 7 heteroatoms. The van der Waals surface area contributed by atoms with Crippen LogP contribution in [-0.4, -0.2) is 78.2 Å². The molecule has 3 N–H and O–H groups in total. The maximum absolute atomic E-state index is 10.7. The number of carboxylic acid groups (broad SMARTS) is 1. The summed E-state index contributed by atoms with van der Waals surface area (Å²) in [6.07, 6.45) is 1.70. The van der Waals surface area contributed by atoms with Gasteiger partial charge in [-0.1, -0.05) is 0 Å². The van der Waals surface area contributed by atoms with Crippen LogP contribution in [0.3, 0.4) is 0 Å². The van der Waals surface area contributed by atoms with E-state index in [1.807, 2.05) is 17.0 Å². The lowest BCUT2D eigenvalue weighted by Gasteiger charge is -2.44. The van der Waals surface area contributed by atoms with E-state index in [-0.39, 0.29) is 6.54 Å². The summed E-state index contributed by atoms with van der Waals surface area (Å²) >= 11 is 0. The zero-order valence-corrected chi connectivity index (χ0v) is 12.7. The highest BCUT2D eigenvalue weighted by molar-refractivity contribution is 5.69. The van der Waals surface area contributed by atoms with Crippen molar-refractivity contribution in [1.29, 1.82) is 0 Å². The molecule has 2 aliphatic rings. The quantitative estimate of drug-likeness (QED) is 0.779. The van der Waals surface area contributed by atoms with Crippen LogP contribution in [0.25, 0.3) is 0 Å². The van der Waals surface area contributed by atoms with Gasteiger partial charge in [-0.05, 0) is 12.1 Å². The Hall–Kier alpha value is -1.86. The van der Waals surface area contributed by atoms with E-state index in [2.05, 4.69) is 14.8 Å². The first-order chi connectivity index (χ1) is 10.6. The molecule has 0 bridgehead atoms. The number of nitrogen functional groups attached to an aromatic ring is 1. The third-order valence-electron chi connectivity index (χ3n) is 4.39. The van der Waals surface area contributed by atoms with E-state index in [1.165, 1.54) is 0 Å². The van der Waals surface area contributed by atoms with Crippen molar-refractivity contribution in [3.05, 3.63) is 18.3 Å². The molecule has 22 heavy (non-hydrogen) atoms. The maximum Gasteiger partial charge on any atom is 0.317 e. The molecule has 0 radical (unpaired) electrons. The molecule has 3 heterocycles. The van der Waals surface area contributed by atoms with E-state index in [9.17, 15) is 4.79 Å². The van der Waals surface area contributed by atoms with E-state index < -0.39 is 5.97 Å². The molecule has 0 spiro atoms. The molecule has 2 saturated heterocycles. The Kier molecular flexibility index (Phi) is 4.44. The average Bonchev–Trinajstić information content (AvgIpc) is 2.45. The first kappa shape index (κ1) is 15.1. The Labute approximate surface area is 130 Å². The standard InChI is InChI=1S/C15H23N5O2/c16-13-1-2-14(17-7-13)20-9-12(10-20)8-18-3-5-19(6-4-18)11-15(21)22/h1-2,7,12H,3-6,8-11,16H2,(H,21,22). The number of aromatic nitrogens is 1. The first-order valence-electron chi connectivity index (χ1n) is 7.73. The van der Waals surface area contributed by atoms with Gasteiger partial charge in [0.1, 0.15) is 5.82 Å². The van der Waals surface area contributed by atoms with Gasteiger partial charge in [-0.3, -0.25) is 9.69 Å². The molecule has 0 atom stereocenters. The number of hydrogen-bond acceptors (Lipinski definition) is 6. The molecule has 3 rings (SSSR count). The number of carbonyl (C=O) groups is 1. The van der Waals surface area contributed by atoms with E-state index >= 15 is 0 Å². The highest BCUT2D eigenvalue weighted by Crippen LogP contribution is 2.24. The molecule has 0 aromatic carbocycles. The maximum atomic E-state index is 10.7. The summed E-state index contributed by atoms with van der Waals surface area (Å²) in [4.78, 5) is 21.8. The Morgan fingerprint density at radius 1 is 1.23 bits per heavy atom. The number of hydrogen-bond donors (Lipinski definition) is 2. The Bertz CT molecular complexity index is 507. The van der Waals surface area contributed by atoms with Crippen LogP contribution in [0.15, 0.2) is 18.3 Å². The van der Waals surface area contributed by atoms with Gasteiger partial charge >= 0.3 is 5.97 Å². The predicted octanol–water partition coefficient (Wildman–Crippen LogP) is -0.198. The van der Waals surface area contributed by atoms with E-state index in [1.54, 1.807) is 6.20 Å². The Morgan fingerprint density at radius 3 is 2.50 bits per heavy atom. The SMILES string of the molecule is Nc1ccc(N2CC(CN3CCN(CC(=O)O)CC3)C2)nc1. The molecule has 0 unspecified atom stereocenters. The molecular formula is C15H23N5O2. The van der Waals surface area contributed by atoms with Crippen LogP contribution in [0.5, 0.6) is 0 Å². The van der Waals surface area contributed by atoms with Crippen LogP contribution in [0.2, 0.25) is 0 Å². The normalized spacial score (nSPS) is 20.8. The van der Waals surface area contributed by atoms with Crippen LogP contribution in [-0.2, 0) is 4.79 Å². The van der Waals surface area contributed by atoms with Crippen LogP contribution in [0, 0.1) is 5.92 Å². The topological polar surface area (TPSA) is 85.9 Å². The van der Waals surface area contributed by atoms with Crippen LogP contribution < -0.4 is 10.6 Å². The minimum Gasteiger partial charge on any atom is -0.480 e. The third-order valence-corrected chi connectivity index (χ3v) is 4.39. The third kappa shape index (κ3) is 3.66. The fourth-order valence-corrected chi connectivity index (χ4v) is 3.14. The second-order valence-electron chi connectivity index (χ2n) is 6.19. The monoisotopic (exact) mass is 305 g/mol. The molecule has 2 fully saturated rings. The fraction of sp³-hybridized carbons (Fsp3) is 0.600. The summed E-state index contributed by atoms with van der Waals surface area (Å²) in [6, 6.07) is 3.85. The number of nitrogens with zero attached hydrogens (tertiary/aromatic N) is 4. The first-order valence-corrected chi connectivity index (χ1v) is 7.73. The second-order valence-corrected chi connectivity index (χ2v) is 6.19. The number of anilines is 2. The lowest BCUT2D eigenvalue weighted by molar-refractivity contribution is -0.138. The van der Waals surface area contributed by atoms with Gasteiger partial charge in [0.2, 0.25) is 0 Å². The van der Waals surface area contributed by atoms with Crippen LogP contribution in [0.1, 0.15) is 0 Å². The predicted molar refractivity (Wildman–Crippen MR) is 84.9 cm³/mol. The Balaban J connectivity index is 1.38. The van der Waals surface area contributed by atoms with Crippen LogP contribution >= 0.6 is 0 Å². The lowest BCUT2D eigenvalue weighted by atomic mass is 9.99. The molecule has 0 aliphatic carbocycles. The van der Waals surface area contributed by atoms with Gasteiger partial charge in [0.25, 0.3) is 0 Å². The molecular weight excluding hydrogens is 282 g/mol. The van der Waals surface area contributed by atoms with E-state index in [0.717, 1.165) is 51.6 Å². The Morgan fingerprint density at radius 2 is 1.91 bits per heavy atom. The van der Waals surface area contributed by atoms with Crippen molar-refractivity contribution in [2.75, 3.05) is 63.0 Å². The lowest BCUT2D eigenvalue weighted by Crippen LogP contribution is -2.55. The van der Waals surface area contributed by atoms with Crippen molar-refractivity contribution >= 4 is 17.5 Å². The van der Waals surface area contributed by atoms with Gasteiger partial charge in [0.05, 0.1) is 18.4 Å². The molecule has 1 aromatic heterocycles. The molecule has 1 aromatic rings. The van der Waals surface area contributed by atoms with Crippen molar-refractivity contribution in [2.45, 2.75) is 0 Å². The zero-order chi connectivity index (χ0) is 15.5. The number of nitrogens with two attached hydrogens (primary N) is 1. The van der Waals surface area contributed by atoms with Crippen molar-refractivity contribution in [3.8, 4) is 0 Å². The van der Waals surface area contributed by atoms with Crippen LogP contribution in [0.4, 0.5) is 11.5 Å². The molecule has 120 valence electrons. The second kappa shape index (κ2) is 6.50. The summed E-state index contributed by atoms with van der Waals surface area (Å²) in [5.74, 6) is 0.932. The highest BCUT2D eigenvalue weighted by atomic mass is 16.4. The van der Waals surface area contributed by atoms with Gasteiger partial charge in [0.15, 0.2) is 0 Å². The molecule has 0 saturated carbocycles. The largest absolute Gasteiger partial charge is 0.480 e. The summed E-state index contributed by atoms with van der Waals surface area (Å²) in [5, 5.41) is 8.80. The van der Waals surface area contributed by atoms with Crippen molar-refractivity contribution < 1.29 is 9.90 Å². The summed E-state index contributed by atoms with van der Waals surface area (Å²) < 4.78 is 0. The summed E-state index contributed by atoms with van der Waals surface area (Å²) in [6.45, 7) is 6.94. The minimum absolute atomic E-state index is 0.161. The molecule has 0 amide bonds. The molecule has 7 nitrogen and oxygen atoms in total. The number of pyridine rings is 1. The number of aliphatic carboxylic acids is 1. The number of piperazine rings is 1. The molecule has 2 aliphatic heterocycles. The van der Waals surface area contributed by atoms with E-state index in [4.69, 9.17) is 10.8 Å². The van der Waals surface area contributed by atoms with Gasteiger partial charge in [-0.15, -0.1) is 0 Å². The van der Waals surface area contributed by atoms with Gasteiger partial charge in [0, 0.05) is 51.7 Å². The summed E-state index contributed by atoms with van der Waals surface area (Å²) in [5.41, 5.74) is 6.34.